The predicted octanol–water partition coefficient (Wildman–Crippen LogP) is 0.380. The molecule has 0 unspecified atom stereocenters. The number of aromatic nitrogens is 6. The van der Waals surface area contributed by atoms with E-state index in [4.69, 9.17) is 0 Å². The van der Waals surface area contributed by atoms with Crippen LogP contribution < -0.4 is 5.32 Å². The minimum absolute atomic E-state index is 0.110. The molecule has 2 heterocycles. The third-order valence-electron chi connectivity index (χ3n) is 2.95. The molecule has 21 heavy (non-hydrogen) atoms. The molecule has 8 nitrogen and oxygen atoms in total. The number of rotatable bonds is 5. The monoisotopic (exact) mass is 283 g/mol. The molecule has 0 bridgehead atoms. The van der Waals surface area contributed by atoms with Crippen LogP contribution in [-0.2, 0) is 17.9 Å². The van der Waals surface area contributed by atoms with E-state index in [1.807, 2.05) is 30.3 Å². The zero-order valence-corrected chi connectivity index (χ0v) is 11.1. The molecular formula is C13H13N7O. The lowest BCUT2D eigenvalue weighted by atomic mass is 10.1. The number of benzene rings is 1. The average molecular weight is 283 g/mol. The van der Waals surface area contributed by atoms with Crippen molar-refractivity contribution in [1.29, 1.82) is 0 Å². The lowest BCUT2D eigenvalue weighted by molar-refractivity contribution is -0.122. The van der Waals surface area contributed by atoms with Gasteiger partial charge in [-0.2, -0.15) is 5.10 Å². The summed E-state index contributed by atoms with van der Waals surface area (Å²) in [6, 6.07) is 9.80. The van der Waals surface area contributed by atoms with Crippen molar-refractivity contribution in [2.24, 2.45) is 0 Å². The lowest BCUT2D eigenvalue weighted by Crippen LogP contribution is -2.27. The van der Waals surface area contributed by atoms with Crippen LogP contribution in [0.15, 0.2) is 42.9 Å². The largest absolute Gasteiger partial charge is 0.350 e. The molecule has 0 fully saturated rings. The zero-order valence-electron chi connectivity index (χ0n) is 11.1. The summed E-state index contributed by atoms with van der Waals surface area (Å²) >= 11 is 0. The smallest absolute Gasteiger partial charge is 0.242 e. The Balaban J connectivity index is 1.55. The minimum Gasteiger partial charge on any atom is -0.350 e. The molecule has 3 aromatic rings. The van der Waals surface area contributed by atoms with Gasteiger partial charge in [-0.05, 0) is 27.6 Å². The summed E-state index contributed by atoms with van der Waals surface area (Å²) in [5.41, 5.74) is 3.03. The highest BCUT2D eigenvalue weighted by Gasteiger charge is 2.04. The second-order valence-corrected chi connectivity index (χ2v) is 4.45. The third-order valence-corrected chi connectivity index (χ3v) is 2.95. The molecule has 0 saturated heterocycles. The minimum atomic E-state index is -0.139. The number of carbonyl (C=O) groups excluding carboxylic acids is 1. The molecule has 0 spiro atoms. The maximum atomic E-state index is 11.7. The first-order valence-corrected chi connectivity index (χ1v) is 6.37. The summed E-state index contributed by atoms with van der Waals surface area (Å²) < 4.78 is 1.37. The van der Waals surface area contributed by atoms with Gasteiger partial charge in [0, 0.05) is 12.7 Å². The molecule has 0 radical (unpaired) electrons. The molecule has 0 aliphatic heterocycles. The fourth-order valence-corrected chi connectivity index (χ4v) is 1.88. The van der Waals surface area contributed by atoms with E-state index in [9.17, 15) is 4.79 Å². The zero-order chi connectivity index (χ0) is 14.5. The molecule has 1 aromatic carbocycles. The van der Waals surface area contributed by atoms with Crippen molar-refractivity contribution in [2.45, 2.75) is 13.1 Å². The molecule has 2 aromatic heterocycles. The van der Waals surface area contributed by atoms with Crippen molar-refractivity contribution in [3.8, 4) is 11.3 Å². The Hall–Kier alpha value is -3.03. The third kappa shape index (κ3) is 3.30. The Morgan fingerprint density at radius 3 is 2.76 bits per heavy atom. The standard InChI is InChI=1S/C13H13N7O/c21-13(8-20-9-16-18-19-20)14-7-10-1-3-11(4-2-10)12-5-6-15-17-12/h1-6,9H,7-8H2,(H,14,21)(H,15,17). The number of tetrazole rings is 1. The number of H-pyrrole nitrogens is 1. The molecule has 3 rings (SSSR count). The van der Waals surface area contributed by atoms with Crippen LogP contribution in [0, 0.1) is 0 Å². The van der Waals surface area contributed by atoms with Gasteiger partial charge in [0.25, 0.3) is 0 Å². The maximum absolute atomic E-state index is 11.7. The summed E-state index contributed by atoms with van der Waals surface area (Å²) in [7, 11) is 0. The number of hydrogen-bond acceptors (Lipinski definition) is 5. The number of carbonyl (C=O) groups is 1. The molecule has 0 aliphatic rings. The van der Waals surface area contributed by atoms with Crippen LogP contribution >= 0.6 is 0 Å². The summed E-state index contributed by atoms with van der Waals surface area (Å²) in [5.74, 6) is -0.139. The number of nitrogens with one attached hydrogen (secondary N) is 2. The van der Waals surface area contributed by atoms with Gasteiger partial charge < -0.3 is 5.32 Å². The SMILES string of the molecule is O=C(Cn1cnnn1)NCc1ccc(-c2ccn[nH]2)cc1. The molecule has 0 saturated carbocycles. The van der Waals surface area contributed by atoms with Crippen molar-refractivity contribution < 1.29 is 4.79 Å². The Morgan fingerprint density at radius 1 is 1.24 bits per heavy atom. The normalized spacial score (nSPS) is 10.5. The topological polar surface area (TPSA) is 101 Å². The van der Waals surface area contributed by atoms with Gasteiger partial charge in [0.1, 0.15) is 12.9 Å². The van der Waals surface area contributed by atoms with Gasteiger partial charge in [0.2, 0.25) is 5.91 Å². The second kappa shape index (κ2) is 5.95. The van der Waals surface area contributed by atoms with Crippen LogP contribution in [0.1, 0.15) is 5.56 Å². The van der Waals surface area contributed by atoms with Crippen molar-refractivity contribution >= 4 is 5.91 Å². The molecule has 1 amide bonds. The van der Waals surface area contributed by atoms with Gasteiger partial charge in [-0.15, -0.1) is 5.10 Å². The number of nitrogens with zero attached hydrogens (tertiary/aromatic N) is 5. The van der Waals surface area contributed by atoms with E-state index in [0.717, 1.165) is 16.8 Å². The van der Waals surface area contributed by atoms with Crippen LogP contribution in [0.25, 0.3) is 11.3 Å². The van der Waals surface area contributed by atoms with Gasteiger partial charge in [-0.3, -0.25) is 9.89 Å². The van der Waals surface area contributed by atoms with Crippen molar-refractivity contribution in [2.75, 3.05) is 0 Å². The first-order chi connectivity index (χ1) is 10.3. The van der Waals surface area contributed by atoms with Gasteiger partial charge in [0.05, 0.1) is 5.69 Å². The van der Waals surface area contributed by atoms with Crippen LogP contribution in [-0.4, -0.2) is 36.3 Å². The van der Waals surface area contributed by atoms with Crippen LogP contribution in [0.2, 0.25) is 0 Å². The highest BCUT2D eigenvalue weighted by molar-refractivity contribution is 5.75. The van der Waals surface area contributed by atoms with Crippen LogP contribution in [0.3, 0.4) is 0 Å². The van der Waals surface area contributed by atoms with Crippen molar-refractivity contribution in [1.82, 2.24) is 35.7 Å². The van der Waals surface area contributed by atoms with E-state index < -0.39 is 0 Å². The van der Waals surface area contributed by atoms with E-state index in [0.29, 0.717) is 6.54 Å². The van der Waals surface area contributed by atoms with Crippen LogP contribution in [0.5, 0.6) is 0 Å². The fraction of sp³-hybridized carbons (Fsp3) is 0.154. The molecule has 0 atom stereocenters. The quantitative estimate of drug-likeness (QED) is 0.705. The molecular weight excluding hydrogens is 270 g/mol. The molecule has 0 aliphatic carbocycles. The molecule has 8 heteroatoms. The number of amides is 1. The van der Waals surface area contributed by atoms with Gasteiger partial charge in [0.15, 0.2) is 0 Å². The van der Waals surface area contributed by atoms with Crippen molar-refractivity contribution in [3.05, 3.63) is 48.4 Å². The van der Waals surface area contributed by atoms with Crippen LogP contribution in [0.4, 0.5) is 0 Å². The first kappa shape index (κ1) is 13.0. The summed E-state index contributed by atoms with van der Waals surface area (Å²) in [6.45, 7) is 0.573. The summed E-state index contributed by atoms with van der Waals surface area (Å²) in [6.07, 6.45) is 3.11. The molecule has 106 valence electrons. The summed E-state index contributed by atoms with van der Waals surface area (Å²) in [5, 5.41) is 20.2. The molecule has 2 N–H and O–H groups in total. The number of aromatic amines is 1. The summed E-state index contributed by atoms with van der Waals surface area (Å²) in [4.78, 5) is 11.7. The Morgan fingerprint density at radius 2 is 2.10 bits per heavy atom. The lowest BCUT2D eigenvalue weighted by Gasteiger charge is -2.06. The van der Waals surface area contributed by atoms with Crippen molar-refractivity contribution in [3.63, 3.8) is 0 Å². The van der Waals surface area contributed by atoms with E-state index in [2.05, 4.69) is 31.0 Å². The fourth-order valence-electron chi connectivity index (χ4n) is 1.88. The highest BCUT2D eigenvalue weighted by Crippen LogP contribution is 2.16. The predicted molar refractivity (Wildman–Crippen MR) is 73.7 cm³/mol. The van der Waals surface area contributed by atoms with E-state index in [-0.39, 0.29) is 12.5 Å². The Bertz CT molecular complexity index is 689. The Labute approximate surface area is 120 Å². The van der Waals surface area contributed by atoms with Gasteiger partial charge in [-0.1, -0.05) is 24.3 Å². The van der Waals surface area contributed by atoms with E-state index in [1.165, 1.54) is 11.0 Å². The first-order valence-electron chi connectivity index (χ1n) is 6.37. The van der Waals surface area contributed by atoms with E-state index >= 15 is 0 Å². The Kier molecular flexibility index (Phi) is 3.68. The van der Waals surface area contributed by atoms with Gasteiger partial charge >= 0.3 is 0 Å². The van der Waals surface area contributed by atoms with E-state index in [1.54, 1.807) is 6.20 Å². The average Bonchev–Trinajstić information content (AvgIpc) is 3.19. The highest BCUT2D eigenvalue weighted by atomic mass is 16.2. The second-order valence-electron chi connectivity index (χ2n) is 4.45. The maximum Gasteiger partial charge on any atom is 0.242 e. The number of hydrogen-bond donors (Lipinski definition) is 2. The van der Waals surface area contributed by atoms with Gasteiger partial charge in [-0.25, -0.2) is 4.68 Å².